The van der Waals surface area contributed by atoms with E-state index in [0.717, 1.165) is 5.56 Å². The first-order valence-corrected chi connectivity index (χ1v) is 7.25. The topological polar surface area (TPSA) is 56.5 Å². The van der Waals surface area contributed by atoms with Crippen LogP contribution in [-0.4, -0.2) is 18.4 Å². The summed E-state index contributed by atoms with van der Waals surface area (Å²) in [5, 5.41) is 0. The molecular formula is C18H20O4. The molecule has 0 unspecified atom stereocenters. The maximum absolute atomic E-state index is 12.2. The molecule has 0 aliphatic heterocycles. The predicted octanol–water partition coefficient (Wildman–Crippen LogP) is 4.35. The molecule has 1 aromatic heterocycles. The summed E-state index contributed by atoms with van der Waals surface area (Å²) in [6.45, 7) is 7.67. The molecule has 0 aliphatic carbocycles. The van der Waals surface area contributed by atoms with Gasteiger partial charge in [0.1, 0.15) is 5.76 Å². The van der Waals surface area contributed by atoms with Crippen molar-refractivity contribution >= 4 is 11.8 Å². The summed E-state index contributed by atoms with van der Waals surface area (Å²) < 4.78 is 10.6. The average Bonchev–Trinajstić information content (AvgIpc) is 2.95. The highest BCUT2D eigenvalue weighted by Gasteiger charge is 2.25. The van der Waals surface area contributed by atoms with Crippen LogP contribution in [0, 0.1) is 5.41 Å². The molecule has 2 aromatic rings. The van der Waals surface area contributed by atoms with Crippen LogP contribution in [-0.2, 0) is 4.74 Å². The monoisotopic (exact) mass is 300 g/mol. The fourth-order valence-electron chi connectivity index (χ4n) is 1.97. The Balaban J connectivity index is 2.21. The minimum absolute atomic E-state index is 0.0399. The van der Waals surface area contributed by atoms with Crippen molar-refractivity contribution in [3.63, 3.8) is 0 Å². The number of ketones is 1. The highest BCUT2D eigenvalue weighted by Crippen LogP contribution is 2.27. The van der Waals surface area contributed by atoms with Crippen molar-refractivity contribution in [1.29, 1.82) is 0 Å². The van der Waals surface area contributed by atoms with Gasteiger partial charge in [-0.1, -0.05) is 32.9 Å². The average molecular weight is 300 g/mol. The molecule has 0 N–H and O–H groups in total. The number of furan rings is 1. The van der Waals surface area contributed by atoms with Crippen molar-refractivity contribution in [1.82, 2.24) is 0 Å². The molecule has 0 fully saturated rings. The molecule has 0 atom stereocenters. The van der Waals surface area contributed by atoms with Gasteiger partial charge in [0.25, 0.3) is 0 Å². The summed E-state index contributed by atoms with van der Waals surface area (Å²) >= 11 is 0. The second-order valence-electron chi connectivity index (χ2n) is 6.04. The number of esters is 1. The molecule has 0 spiro atoms. The Hall–Kier alpha value is -2.36. The third-order valence-corrected chi connectivity index (χ3v) is 3.19. The van der Waals surface area contributed by atoms with Crippen molar-refractivity contribution in [3.8, 4) is 11.3 Å². The van der Waals surface area contributed by atoms with Gasteiger partial charge >= 0.3 is 5.97 Å². The van der Waals surface area contributed by atoms with Crippen LogP contribution < -0.4 is 0 Å². The van der Waals surface area contributed by atoms with Gasteiger partial charge in [-0.05, 0) is 31.2 Å². The van der Waals surface area contributed by atoms with Crippen LogP contribution in [0.15, 0.2) is 40.8 Å². The Kier molecular flexibility index (Phi) is 4.50. The normalized spacial score (nSPS) is 11.3. The lowest BCUT2D eigenvalue weighted by molar-refractivity contribution is 0.0526. The van der Waals surface area contributed by atoms with Crippen molar-refractivity contribution in [2.24, 2.45) is 5.41 Å². The molecular weight excluding hydrogens is 280 g/mol. The van der Waals surface area contributed by atoms with E-state index in [0.29, 0.717) is 23.7 Å². The van der Waals surface area contributed by atoms with Gasteiger partial charge in [0.05, 0.1) is 12.2 Å². The van der Waals surface area contributed by atoms with Gasteiger partial charge < -0.3 is 9.15 Å². The van der Waals surface area contributed by atoms with Crippen LogP contribution in [0.25, 0.3) is 11.3 Å². The van der Waals surface area contributed by atoms with Gasteiger partial charge in [0, 0.05) is 11.0 Å². The van der Waals surface area contributed by atoms with Crippen LogP contribution >= 0.6 is 0 Å². The smallest absolute Gasteiger partial charge is 0.338 e. The number of hydrogen-bond acceptors (Lipinski definition) is 4. The number of rotatable bonds is 4. The van der Waals surface area contributed by atoms with Crippen LogP contribution in [0.4, 0.5) is 0 Å². The van der Waals surface area contributed by atoms with Gasteiger partial charge in [-0.3, -0.25) is 4.79 Å². The molecule has 1 aromatic carbocycles. The number of carbonyl (C=O) groups excluding carboxylic acids is 2. The first-order valence-electron chi connectivity index (χ1n) is 7.25. The number of benzene rings is 1. The van der Waals surface area contributed by atoms with E-state index < -0.39 is 5.41 Å². The van der Waals surface area contributed by atoms with E-state index in [-0.39, 0.29) is 11.8 Å². The molecule has 4 heteroatoms. The molecule has 0 aliphatic rings. The Labute approximate surface area is 130 Å². The molecule has 2 rings (SSSR count). The maximum Gasteiger partial charge on any atom is 0.338 e. The van der Waals surface area contributed by atoms with Gasteiger partial charge in [-0.25, -0.2) is 4.79 Å². The highest BCUT2D eigenvalue weighted by molar-refractivity contribution is 5.97. The molecule has 116 valence electrons. The first-order chi connectivity index (χ1) is 10.3. The number of carbonyl (C=O) groups is 2. The van der Waals surface area contributed by atoms with Crippen LogP contribution in [0.2, 0.25) is 0 Å². The fourth-order valence-corrected chi connectivity index (χ4v) is 1.97. The SMILES string of the molecule is CCOC(=O)c1ccc(-c2ccc(C(=O)C(C)(C)C)o2)cc1. The van der Waals surface area contributed by atoms with E-state index in [1.165, 1.54) is 0 Å². The number of Topliss-reactive ketones (excluding diaryl/α,β-unsaturated/α-hetero) is 1. The van der Waals surface area contributed by atoms with Gasteiger partial charge in [0.15, 0.2) is 5.76 Å². The highest BCUT2D eigenvalue weighted by atomic mass is 16.5. The van der Waals surface area contributed by atoms with E-state index in [9.17, 15) is 9.59 Å². The van der Waals surface area contributed by atoms with E-state index in [1.54, 1.807) is 43.3 Å². The molecule has 0 radical (unpaired) electrons. The maximum atomic E-state index is 12.2. The minimum Gasteiger partial charge on any atom is -0.462 e. The lowest BCUT2D eigenvalue weighted by Crippen LogP contribution is -2.19. The quantitative estimate of drug-likeness (QED) is 0.622. The first kappa shape index (κ1) is 16.0. The molecule has 22 heavy (non-hydrogen) atoms. The van der Waals surface area contributed by atoms with Gasteiger partial charge in [-0.15, -0.1) is 0 Å². The van der Waals surface area contributed by atoms with E-state index in [4.69, 9.17) is 9.15 Å². The van der Waals surface area contributed by atoms with Crippen molar-refractivity contribution < 1.29 is 18.7 Å². The van der Waals surface area contributed by atoms with Crippen molar-refractivity contribution in [2.75, 3.05) is 6.61 Å². The number of ether oxygens (including phenoxy) is 1. The lowest BCUT2D eigenvalue weighted by atomic mass is 9.89. The largest absolute Gasteiger partial charge is 0.462 e. The molecule has 0 bridgehead atoms. The zero-order chi connectivity index (χ0) is 16.3. The second-order valence-corrected chi connectivity index (χ2v) is 6.04. The fraction of sp³-hybridized carbons (Fsp3) is 0.333. The third kappa shape index (κ3) is 3.45. The Morgan fingerprint density at radius 2 is 1.68 bits per heavy atom. The zero-order valence-corrected chi connectivity index (χ0v) is 13.3. The van der Waals surface area contributed by atoms with E-state index >= 15 is 0 Å². The van der Waals surface area contributed by atoms with E-state index in [2.05, 4.69) is 0 Å². The van der Waals surface area contributed by atoms with Gasteiger partial charge in [0.2, 0.25) is 5.78 Å². The molecule has 1 heterocycles. The Morgan fingerprint density at radius 3 is 2.23 bits per heavy atom. The number of hydrogen-bond donors (Lipinski definition) is 0. The van der Waals surface area contributed by atoms with Crippen LogP contribution in [0.1, 0.15) is 48.6 Å². The molecule has 0 saturated carbocycles. The standard InChI is InChI=1S/C18H20O4/c1-5-21-17(20)13-8-6-12(7-9-13)14-10-11-15(22-14)16(19)18(2,3)4/h6-11H,5H2,1-4H3. The van der Waals surface area contributed by atoms with Crippen molar-refractivity contribution in [3.05, 3.63) is 47.7 Å². The summed E-state index contributed by atoms with van der Waals surface area (Å²) in [5.74, 6) is 0.555. The second kappa shape index (κ2) is 6.18. The summed E-state index contributed by atoms with van der Waals surface area (Å²) in [4.78, 5) is 23.8. The Morgan fingerprint density at radius 1 is 1.05 bits per heavy atom. The zero-order valence-electron chi connectivity index (χ0n) is 13.3. The van der Waals surface area contributed by atoms with Crippen molar-refractivity contribution in [2.45, 2.75) is 27.7 Å². The molecule has 0 saturated heterocycles. The van der Waals surface area contributed by atoms with Crippen LogP contribution in [0.3, 0.4) is 0 Å². The molecule has 0 amide bonds. The summed E-state index contributed by atoms with van der Waals surface area (Å²) in [6.07, 6.45) is 0. The van der Waals surface area contributed by atoms with Gasteiger partial charge in [-0.2, -0.15) is 0 Å². The summed E-state index contributed by atoms with van der Waals surface area (Å²) in [5.41, 5.74) is 0.812. The summed E-state index contributed by atoms with van der Waals surface area (Å²) in [7, 11) is 0. The Bertz CT molecular complexity index is 672. The van der Waals surface area contributed by atoms with Crippen LogP contribution in [0.5, 0.6) is 0 Å². The van der Waals surface area contributed by atoms with E-state index in [1.807, 2.05) is 20.8 Å². The minimum atomic E-state index is -0.483. The predicted molar refractivity (Wildman–Crippen MR) is 83.9 cm³/mol. The lowest BCUT2D eigenvalue weighted by Gasteiger charge is -2.13. The molecule has 4 nitrogen and oxygen atoms in total. The summed E-state index contributed by atoms with van der Waals surface area (Å²) in [6, 6.07) is 10.4. The third-order valence-electron chi connectivity index (χ3n) is 3.19.